The summed E-state index contributed by atoms with van der Waals surface area (Å²) in [4.78, 5) is 5.17. The number of thioether (sulfide) groups is 1. The highest BCUT2D eigenvalue weighted by molar-refractivity contribution is 8.00. The number of phenols is 1. The molecular weight excluding hydrogens is 294 g/mol. The Kier molecular flexibility index (Phi) is 2.51. The van der Waals surface area contributed by atoms with Crippen molar-refractivity contribution in [2.45, 2.75) is 4.34 Å². The predicted octanol–water partition coefficient (Wildman–Crippen LogP) is 3.63. The van der Waals surface area contributed by atoms with Crippen LogP contribution in [0.1, 0.15) is 0 Å². The molecule has 0 bridgehead atoms. The summed E-state index contributed by atoms with van der Waals surface area (Å²) in [6.45, 7) is 0. The second-order valence-corrected chi connectivity index (χ2v) is 6.22. The zero-order chi connectivity index (χ0) is 13.7. The van der Waals surface area contributed by atoms with E-state index in [0.717, 1.165) is 15.0 Å². The fraction of sp³-hybridized carbons (Fsp3) is 0.0769. The van der Waals surface area contributed by atoms with Gasteiger partial charge >= 0.3 is 0 Å². The van der Waals surface area contributed by atoms with Crippen LogP contribution in [-0.2, 0) is 0 Å². The van der Waals surface area contributed by atoms with Gasteiger partial charge in [-0.1, -0.05) is 29.2 Å². The van der Waals surface area contributed by atoms with Crippen LogP contribution in [0.5, 0.6) is 5.75 Å². The van der Waals surface area contributed by atoms with Gasteiger partial charge in [0.1, 0.15) is 17.0 Å². The Hall–Kier alpha value is -1.99. The maximum Gasteiger partial charge on any atom is 0.213 e. The largest absolute Gasteiger partial charge is 0.507 e. The lowest BCUT2D eigenvalue weighted by Gasteiger charge is -1.91. The molecule has 1 aromatic carbocycles. The molecule has 0 aliphatic heterocycles. The number of furan rings is 1. The minimum atomic E-state index is 0.210. The van der Waals surface area contributed by atoms with Crippen molar-refractivity contribution >= 4 is 39.0 Å². The molecule has 0 fully saturated rings. The first-order valence-electron chi connectivity index (χ1n) is 5.87. The first kappa shape index (κ1) is 11.8. The van der Waals surface area contributed by atoms with E-state index in [-0.39, 0.29) is 5.75 Å². The number of rotatable bonds is 2. The molecule has 7 heteroatoms. The predicted molar refractivity (Wildman–Crippen MR) is 79.5 cm³/mol. The van der Waals surface area contributed by atoms with Gasteiger partial charge in [-0.25, -0.2) is 4.98 Å². The van der Waals surface area contributed by atoms with Gasteiger partial charge in [0, 0.05) is 0 Å². The van der Waals surface area contributed by atoms with Gasteiger partial charge in [-0.15, -0.1) is 5.10 Å². The topological polar surface area (TPSA) is 63.6 Å². The molecule has 4 rings (SSSR count). The summed E-state index contributed by atoms with van der Waals surface area (Å²) in [7, 11) is 0. The lowest BCUT2D eigenvalue weighted by atomic mass is 10.2. The minimum absolute atomic E-state index is 0.210. The lowest BCUT2D eigenvalue weighted by Crippen LogP contribution is -1.86. The SMILES string of the molecule is CSc1nn2c(-c3cc4c(O)cccc4o3)cnc2s1. The molecule has 0 unspecified atom stereocenters. The van der Waals surface area contributed by atoms with E-state index in [0.29, 0.717) is 16.7 Å². The molecule has 0 spiro atoms. The monoisotopic (exact) mass is 303 g/mol. The number of nitrogens with zero attached hydrogens (tertiary/aromatic N) is 3. The van der Waals surface area contributed by atoms with E-state index in [1.54, 1.807) is 34.6 Å². The summed E-state index contributed by atoms with van der Waals surface area (Å²) in [5.74, 6) is 0.855. The molecule has 3 heterocycles. The van der Waals surface area contributed by atoms with Gasteiger partial charge < -0.3 is 9.52 Å². The first-order valence-corrected chi connectivity index (χ1v) is 7.91. The van der Waals surface area contributed by atoms with Gasteiger partial charge in [0.05, 0.1) is 11.6 Å². The van der Waals surface area contributed by atoms with E-state index in [1.165, 1.54) is 11.3 Å². The second kappa shape index (κ2) is 4.26. The fourth-order valence-corrected chi connectivity index (χ4v) is 3.43. The number of hydrogen-bond donors (Lipinski definition) is 1. The van der Waals surface area contributed by atoms with Crippen molar-refractivity contribution in [2.75, 3.05) is 6.26 Å². The highest BCUT2D eigenvalue weighted by atomic mass is 32.2. The third kappa shape index (κ3) is 1.63. The van der Waals surface area contributed by atoms with E-state index in [1.807, 2.05) is 18.4 Å². The Bertz CT molecular complexity index is 922. The standard InChI is InChI=1S/C13H9N3O2S2/c1-19-13-15-16-8(6-14-12(16)20-13)11-5-7-9(17)3-2-4-10(7)18-11/h2-6,17H,1H3. The maximum atomic E-state index is 9.84. The van der Waals surface area contributed by atoms with Crippen molar-refractivity contribution in [3.05, 3.63) is 30.5 Å². The van der Waals surface area contributed by atoms with Crippen LogP contribution in [-0.4, -0.2) is 26.0 Å². The van der Waals surface area contributed by atoms with Crippen LogP contribution in [0.15, 0.2) is 39.2 Å². The third-order valence-corrected chi connectivity index (χ3v) is 4.93. The molecule has 1 N–H and O–H groups in total. The third-order valence-electron chi connectivity index (χ3n) is 3.03. The molecule has 0 saturated heterocycles. The maximum absolute atomic E-state index is 9.84. The molecule has 0 aliphatic carbocycles. The van der Waals surface area contributed by atoms with E-state index < -0.39 is 0 Å². The summed E-state index contributed by atoms with van der Waals surface area (Å²) < 4.78 is 8.50. The van der Waals surface area contributed by atoms with Crippen molar-refractivity contribution in [3.8, 4) is 17.2 Å². The van der Waals surface area contributed by atoms with E-state index in [2.05, 4.69) is 10.1 Å². The number of benzene rings is 1. The molecule has 20 heavy (non-hydrogen) atoms. The van der Waals surface area contributed by atoms with Crippen LogP contribution in [0, 0.1) is 0 Å². The van der Waals surface area contributed by atoms with Crippen LogP contribution in [0.25, 0.3) is 27.4 Å². The summed E-state index contributed by atoms with van der Waals surface area (Å²) in [6.07, 6.45) is 3.72. The second-order valence-electron chi connectivity index (χ2n) is 4.21. The van der Waals surface area contributed by atoms with E-state index in [4.69, 9.17) is 4.42 Å². The molecule has 3 aromatic heterocycles. The Morgan fingerprint density at radius 3 is 3.10 bits per heavy atom. The molecule has 4 aromatic rings. The quantitative estimate of drug-likeness (QED) is 0.573. The average molecular weight is 303 g/mol. The number of aromatic hydroxyl groups is 1. The summed E-state index contributed by atoms with van der Waals surface area (Å²) in [5.41, 5.74) is 1.43. The number of hydrogen-bond acceptors (Lipinski definition) is 6. The zero-order valence-corrected chi connectivity index (χ0v) is 12.0. The highest BCUT2D eigenvalue weighted by Crippen LogP contribution is 2.34. The zero-order valence-electron chi connectivity index (χ0n) is 10.4. The van der Waals surface area contributed by atoms with Gasteiger partial charge in [-0.2, -0.15) is 4.52 Å². The summed E-state index contributed by atoms with van der Waals surface area (Å²) >= 11 is 3.12. The lowest BCUT2D eigenvalue weighted by molar-refractivity contribution is 0.481. The Labute approximate surface area is 121 Å². The van der Waals surface area contributed by atoms with Crippen molar-refractivity contribution in [2.24, 2.45) is 0 Å². The molecule has 100 valence electrons. The Balaban J connectivity index is 1.96. The van der Waals surface area contributed by atoms with Crippen LogP contribution in [0.4, 0.5) is 0 Å². The minimum Gasteiger partial charge on any atom is -0.507 e. The van der Waals surface area contributed by atoms with Crippen LogP contribution >= 0.6 is 23.1 Å². The summed E-state index contributed by atoms with van der Waals surface area (Å²) in [5, 5.41) is 15.0. The van der Waals surface area contributed by atoms with E-state index in [9.17, 15) is 5.11 Å². The fourth-order valence-electron chi connectivity index (χ4n) is 2.10. The van der Waals surface area contributed by atoms with E-state index >= 15 is 0 Å². The van der Waals surface area contributed by atoms with Crippen molar-refractivity contribution in [3.63, 3.8) is 0 Å². The molecule has 5 nitrogen and oxygen atoms in total. The Morgan fingerprint density at radius 2 is 2.30 bits per heavy atom. The number of fused-ring (bicyclic) bond motifs is 2. The number of imidazole rings is 1. The van der Waals surface area contributed by atoms with Gasteiger partial charge in [0.2, 0.25) is 4.96 Å². The van der Waals surface area contributed by atoms with Crippen LogP contribution in [0.3, 0.4) is 0 Å². The average Bonchev–Trinajstić information content (AvgIpc) is 3.10. The van der Waals surface area contributed by atoms with Gasteiger partial charge in [0.15, 0.2) is 10.1 Å². The molecule has 0 amide bonds. The van der Waals surface area contributed by atoms with Crippen LogP contribution < -0.4 is 0 Å². The smallest absolute Gasteiger partial charge is 0.213 e. The van der Waals surface area contributed by atoms with Crippen LogP contribution in [0.2, 0.25) is 0 Å². The van der Waals surface area contributed by atoms with Gasteiger partial charge in [0.25, 0.3) is 0 Å². The van der Waals surface area contributed by atoms with Crippen molar-refractivity contribution in [1.82, 2.24) is 14.6 Å². The normalized spacial score (nSPS) is 11.7. The summed E-state index contributed by atoms with van der Waals surface area (Å²) in [6, 6.07) is 7.03. The molecule has 0 atom stereocenters. The highest BCUT2D eigenvalue weighted by Gasteiger charge is 2.15. The molecule has 0 saturated carbocycles. The van der Waals surface area contributed by atoms with Gasteiger partial charge in [-0.3, -0.25) is 0 Å². The number of aromatic nitrogens is 3. The van der Waals surface area contributed by atoms with Crippen molar-refractivity contribution < 1.29 is 9.52 Å². The molecular formula is C13H9N3O2S2. The first-order chi connectivity index (χ1) is 9.76. The number of phenolic OH excluding ortho intramolecular Hbond substituents is 1. The van der Waals surface area contributed by atoms with Crippen molar-refractivity contribution in [1.29, 1.82) is 0 Å². The Morgan fingerprint density at radius 1 is 1.40 bits per heavy atom. The van der Waals surface area contributed by atoms with Gasteiger partial charge in [-0.05, 0) is 24.5 Å². The molecule has 0 radical (unpaired) electrons. The molecule has 0 aliphatic rings.